The van der Waals surface area contributed by atoms with E-state index >= 15 is 0 Å². The number of rotatable bonds is 7. The van der Waals surface area contributed by atoms with E-state index in [0.29, 0.717) is 0 Å². The molecule has 3 aromatic rings. The van der Waals surface area contributed by atoms with Crippen LogP contribution in [0, 0.1) is 10.1 Å². The number of nitro benzene ring substituents is 1. The number of nitrogens with zero attached hydrogens (tertiary/aromatic N) is 2. The number of fused-ring (bicyclic) bond motifs is 1. The molecule has 0 radical (unpaired) electrons. The van der Waals surface area contributed by atoms with E-state index in [1.165, 1.54) is 67.6 Å². The predicted molar refractivity (Wildman–Crippen MR) is 123 cm³/mol. The molecule has 0 N–H and O–H groups in total. The van der Waals surface area contributed by atoms with E-state index in [9.17, 15) is 34.1 Å². The van der Waals surface area contributed by atoms with Gasteiger partial charge in [0.1, 0.15) is 5.75 Å². The van der Waals surface area contributed by atoms with Gasteiger partial charge in [0.05, 0.1) is 27.3 Å². The van der Waals surface area contributed by atoms with Gasteiger partial charge in [0.25, 0.3) is 17.5 Å². The second-order valence-corrected chi connectivity index (χ2v) is 7.60. The summed E-state index contributed by atoms with van der Waals surface area (Å²) in [5, 5.41) is 11.0. The third-order valence-corrected chi connectivity index (χ3v) is 5.19. The summed E-state index contributed by atoms with van der Waals surface area (Å²) in [6.45, 7) is 0.654. The fourth-order valence-corrected chi connectivity index (χ4v) is 3.52. The lowest BCUT2D eigenvalue weighted by molar-refractivity contribution is -0.384. The Morgan fingerprint density at radius 1 is 0.889 bits per heavy atom. The maximum absolute atomic E-state index is 12.9. The highest BCUT2D eigenvalue weighted by Gasteiger charge is 2.37. The van der Waals surface area contributed by atoms with Crippen molar-refractivity contribution >= 4 is 40.9 Å². The van der Waals surface area contributed by atoms with Crippen molar-refractivity contribution in [2.75, 3.05) is 11.5 Å². The van der Waals surface area contributed by atoms with Crippen molar-refractivity contribution in [3.8, 4) is 5.75 Å². The second-order valence-electron chi connectivity index (χ2n) is 7.60. The molecule has 0 spiro atoms. The van der Waals surface area contributed by atoms with Crippen LogP contribution in [0.5, 0.6) is 5.75 Å². The summed E-state index contributed by atoms with van der Waals surface area (Å²) in [6, 6.07) is 14.5. The number of ether oxygens (including phenoxy) is 2. The van der Waals surface area contributed by atoms with Crippen molar-refractivity contribution in [2.45, 2.75) is 6.92 Å². The van der Waals surface area contributed by atoms with E-state index in [0.717, 1.165) is 11.0 Å². The number of anilines is 1. The molecule has 180 valence electrons. The normalized spacial score (nSPS) is 12.2. The number of imide groups is 1. The Hall–Kier alpha value is -5.19. The molecular weight excluding hydrogens is 472 g/mol. The number of carbonyl (C=O) groups excluding carboxylic acids is 5. The summed E-state index contributed by atoms with van der Waals surface area (Å²) < 4.78 is 9.95. The fraction of sp³-hybridized carbons (Fsp3) is 0.0800. The van der Waals surface area contributed by atoms with Crippen LogP contribution in [0.3, 0.4) is 0 Å². The van der Waals surface area contributed by atoms with Crippen LogP contribution in [0.25, 0.3) is 0 Å². The molecule has 0 aromatic heterocycles. The van der Waals surface area contributed by atoms with Gasteiger partial charge in [-0.05, 0) is 48.5 Å². The van der Waals surface area contributed by atoms with Gasteiger partial charge in [0, 0.05) is 24.6 Å². The number of nitro groups is 1. The number of benzene rings is 3. The van der Waals surface area contributed by atoms with Crippen LogP contribution in [0.1, 0.15) is 48.4 Å². The number of esters is 2. The Kier molecular flexibility index (Phi) is 6.38. The van der Waals surface area contributed by atoms with Crippen LogP contribution in [-0.2, 0) is 9.53 Å². The third-order valence-electron chi connectivity index (χ3n) is 5.19. The second kappa shape index (κ2) is 9.58. The first-order valence-electron chi connectivity index (χ1n) is 10.4. The first kappa shape index (κ1) is 24.0. The SMILES string of the molecule is CC(=O)Oc1ccc(C(=O)COC(=O)c2ccc3c(c2)C(=O)N(c2cccc([N+](=O)[O-])c2)C3=O)cc1. The van der Waals surface area contributed by atoms with E-state index in [2.05, 4.69) is 0 Å². The van der Waals surface area contributed by atoms with Gasteiger partial charge in [0.15, 0.2) is 12.4 Å². The highest BCUT2D eigenvalue weighted by atomic mass is 16.6. The average molecular weight is 488 g/mol. The minimum absolute atomic E-state index is 0.0184. The van der Waals surface area contributed by atoms with Gasteiger partial charge in [-0.25, -0.2) is 9.69 Å². The topological polar surface area (TPSA) is 150 Å². The Morgan fingerprint density at radius 2 is 1.56 bits per heavy atom. The number of Topliss-reactive ketones (excluding diaryl/α,β-unsaturated/α-hetero) is 1. The molecule has 0 aliphatic carbocycles. The van der Waals surface area contributed by atoms with Gasteiger partial charge >= 0.3 is 11.9 Å². The Balaban J connectivity index is 1.46. The molecule has 0 saturated carbocycles. The lowest BCUT2D eigenvalue weighted by Crippen LogP contribution is -2.29. The van der Waals surface area contributed by atoms with Gasteiger partial charge in [-0.2, -0.15) is 0 Å². The van der Waals surface area contributed by atoms with Crippen molar-refractivity contribution in [3.63, 3.8) is 0 Å². The predicted octanol–water partition coefficient (Wildman–Crippen LogP) is 3.36. The quantitative estimate of drug-likeness (QED) is 0.122. The molecule has 0 bridgehead atoms. The molecule has 0 fully saturated rings. The summed E-state index contributed by atoms with van der Waals surface area (Å²) in [6.07, 6.45) is 0. The maximum atomic E-state index is 12.9. The van der Waals surface area contributed by atoms with Crippen molar-refractivity contribution in [1.29, 1.82) is 0 Å². The molecule has 3 aromatic carbocycles. The van der Waals surface area contributed by atoms with Crippen LogP contribution in [0.15, 0.2) is 66.7 Å². The third kappa shape index (κ3) is 4.71. The monoisotopic (exact) mass is 488 g/mol. The number of carbonyl (C=O) groups is 5. The van der Waals surface area contributed by atoms with E-state index in [1.54, 1.807) is 0 Å². The van der Waals surface area contributed by atoms with Gasteiger partial charge < -0.3 is 9.47 Å². The molecule has 1 aliphatic rings. The number of amides is 2. The average Bonchev–Trinajstić information content (AvgIpc) is 3.11. The standard InChI is InChI=1S/C25H16N2O9/c1-14(28)36-19-8-5-15(6-9-19)22(29)13-35-25(32)16-7-10-20-21(11-16)24(31)26(23(20)30)17-3-2-4-18(12-17)27(33)34/h2-12H,13H2,1H3. The molecule has 4 rings (SSSR count). The molecule has 0 saturated heterocycles. The molecular formula is C25H16N2O9. The lowest BCUT2D eigenvalue weighted by atomic mass is 10.1. The van der Waals surface area contributed by atoms with E-state index in [1.807, 2.05) is 0 Å². The fourth-order valence-electron chi connectivity index (χ4n) is 3.52. The van der Waals surface area contributed by atoms with E-state index < -0.39 is 41.1 Å². The van der Waals surface area contributed by atoms with Gasteiger partial charge in [0.2, 0.25) is 0 Å². The zero-order valence-corrected chi connectivity index (χ0v) is 18.6. The highest BCUT2D eigenvalue weighted by molar-refractivity contribution is 6.34. The summed E-state index contributed by atoms with van der Waals surface area (Å²) in [5.74, 6) is -3.10. The van der Waals surface area contributed by atoms with Crippen molar-refractivity contribution in [3.05, 3.63) is 99.1 Å². The highest BCUT2D eigenvalue weighted by Crippen LogP contribution is 2.31. The maximum Gasteiger partial charge on any atom is 0.338 e. The Bertz CT molecular complexity index is 1440. The molecule has 0 atom stereocenters. The van der Waals surface area contributed by atoms with Crippen molar-refractivity contribution in [2.24, 2.45) is 0 Å². The minimum atomic E-state index is -0.892. The molecule has 11 nitrogen and oxygen atoms in total. The van der Waals surface area contributed by atoms with Crippen molar-refractivity contribution in [1.82, 2.24) is 0 Å². The number of non-ortho nitro benzene ring substituents is 1. The van der Waals surface area contributed by atoms with Crippen LogP contribution in [0.2, 0.25) is 0 Å². The molecule has 0 unspecified atom stereocenters. The summed E-state index contributed by atoms with van der Waals surface area (Å²) >= 11 is 0. The lowest BCUT2D eigenvalue weighted by Gasteiger charge is -2.13. The molecule has 1 aliphatic heterocycles. The summed E-state index contributed by atoms with van der Waals surface area (Å²) in [5.41, 5.74) is -0.168. The largest absolute Gasteiger partial charge is 0.454 e. The number of hydrogen-bond acceptors (Lipinski definition) is 9. The minimum Gasteiger partial charge on any atom is -0.454 e. The van der Waals surface area contributed by atoms with Crippen molar-refractivity contribution < 1.29 is 38.4 Å². The summed E-state index contributed by atoms with van der Waals surface area (Å²) in [4.78, 5) is 72.7. The van der Waals surface area contributed by atoms with Crippen LogP contribution in [-0.4, -0.2) is 41.1 Å². The number of ketones is 1. The molecule has 1 heterocycles. The Labute approximate surface area is 203 Å². The van der Waals surface area contributed by atoms with Gasteiger partial charge in [-0.3, -0.25) is 29.3 Å². The number of hydrogen-bond donors (Lipinski definition) is 0. The van der Waals surface area contributed by atoms with E-state index in [-0.39, 0.29) is 39.4 Å². The smallest absolute Gasteiger partial charge is 0.338 e. The molecule has 2 amide bonds. The van der Waals surface area contributed by atoms with Crippen LogP contribution in [0.4, 0.5) is 11.4 Å². The zero-order chi connectivity index (χ0) is 26.0. The van der Waals surface area contributed by atoms with E-state index in [4.69, 9.17) is 9.47 Å². The van der Waals surface area contributed by atoms with Gasteiger partial charge in [-0.15, -0.1) is 0 Å². The molecule has 36 heavy (non-hydrogen) atoms. The Morgan fingerprint density at radius 3 is 2.22 bits per heavy atom. The van der Waals surface area contributed by atoms with Gasteiger partial charge in [-0.1, -0.05) is 6.07 Å². The zero-order valence-electron chi connectivity index (χ0n) is 18.6. The first-order chi connectivity index (χ1) is 17.2. The summed E-state index contributed by atoms with van der Waals surface area (Å²) in [7, 11) is 0. The first-order valence-corrected chi connectivity index (χ1v) is 10.4. The van der Waals surface area contributed by atoms with Crippen LogP contribution < -0.4 is 9.64 Å². The van der Waals surface area contributed by atoms with Crippen LogP contribution >= 0.6 is 0 Å². The molecule has 11 heteroatoms.